The number of halogens is 3. The molecular weight excluding hydrogens is 271 g/mol. The number of furan rings is 1. The van der Waals surface area contributed by atoms with Crippen molar-refractivity contribution in [3.8, 4) is 5.75 Å². The van der Waals surface area contributed by atoms with Crippen molar-refractivity contribution in [2.75, 3.05) is 13.2 Å². The van der Waals surface area contributed by atoms with Crippen molar-refractivity contribution in [3.63, 3.8) is 0 Å². The molecule has 0 spiro atoms. The van der Waals surface area contributed by atoms with Gasteiger partial charge in [-0.15, -0.1) is 0 Å². The molecule has 2 rings (SSSR count). The summed E-state index contributed by atoms with van der Waals surface area (Å²) in [4.78, 5) is 0. The van der Waals surface area contributed by atoms with Crippen LogP contribution in [0.4, 0.5) is 13.2 Å². The van der Waals surface area contributed by atoms with E-state index in [1.807, 2.05) is 0 Å². The fourth-order valence-corrected chi connectivity index (χ4v) is 1.73. The number of hydrogen-bond acceptors (Lipinski definition) is 3. The average Bonchev–Trinajstić information content (AvgIpc) is 2.93. The number of ether oxygens (including phenoxy) is 1. The van der Waals surface area contributed by atoms with Crippen LogP contribution in [0.25, 0.3) is 0 Å². The van der Waals surface area contributed by atoms with Crippen LogP contribution in [0, 0.1) is 0 Å². The fraction of sp³-hybridized carbons (Fsp3) is 0.286. The van der Waals surface area contributed by atoms with Crippen LogP contribution in [0.3, 0.4) is 0 Å². The highest BCUT2D eigenvalue weighted by molar-refractivity contribution is 5.29. The molecule has 108 valence electrons. The summed E-state index contributed by atoms with van der Waals surface area (Å²) in [5.74, 6) is 0.926. The van der Waals surface area contributed by atoms with E-state index in [0.717, 1.165) is 12.1 Å². The Morgan fingerprint density at radius 3 is 2.35 bits per heavy atom. The maximum absolute atomic E-state index is 12.4. The average molecular weight is 285 g/mol. The topological polar surface area (TPSA) is 48.4 Å². The molecule has 3 nitrogen and oxygen atoms in total. The summed E-state index contributed by atoms with van der Waals surface area (Å²) in [7, 11) is 0. The summed E-state index contributed by atoms with van der Waals surface area (Å²) in [5, 5.41) is 0. The van der Waals surface area contributed by atoms with Crippen molar-refractivity contribution in [1.29, 1.82) is 0 Å². The first-order valence-electron chi connectivity index (χ1n) is 6.04. The zero-order chi connectivity index (χ0) is 14.6. The first kappa shape index (κ1) is 14.5. The van der Waals surface area contributed by atoms with Gasteiger partial charge in [-0.3, -0.25) is 0 Å². The summed E-state index contributed by atoms with van der Waals surface area (Å²) >= 11 is 0. The van der Waals surface area contributed by atoms with Crippen molar-refractivity contribution in [2.45, 2.75) is 12.1 Å². The highest BCUT2D eigenvalue weighted by Crippen LogP contribution is 2.30. The Balaban J connectivity index is 1.97. The highest BCUT2D eigenvalue weighted by atomic mass is 19.4. The van der Waals surface area contributed by atoms with Gasteiger partial charge in [0.2, 0.25) is 0 Å². The molecule has 6 heteroatoms. The molecule has 0 saturated carbocycles. The molecule has 0 amide bonds. The quantitative estimate of drug-likeness (QED) is 0.915. The normalized spacial score (nSPS) is 13.2. The minimum Gasteiger partial charge on any atom is -0.493 e. The Labute approximate surface area is 114 Å². The molecule has 0 radical (unpaired) electrons. The van der Waals surface area contributed by atoms with Gasteiger partial charge in [-0.25, -0.2) is 0 Å². The fourth-order valence-electron chi connectivity index (χ4n) is 1.73. The van der Waals surface area contributed by atoms with Gasteiger partial charge in [-0.05, 0) is 36.4 Å². The summed E-state index contributed by atoms with van der Waals surface area (Å²) in [6.07, 6.45) is -2.80. The van der Waals surface area contributed by atoms with Crippen molar-refractivity contribution >= 4 is 0 Å². The van der Waals surface area contributed by atoms with E-state index < -0.39 is 11.7 Å². The summed E-state index contributed by atoms with van der Waals surface area (Å²) in [6.45, 7) is 0.573. The second-order valence-electron chi connectivity index (χ2n) is 4.28. The van der Waals surface area contributed by atoms with Crippen molar-refractivity contribution in [1.82, 2.24) is 0 Å². The molecule has 0 aliphatic carbocycles. The third-order valence-corrected chi connectivity index (χ3v) is 2.86. The third-order valence-electron chi connectivity index (χ3n) is 2.86. The molecule has 20 heavy (non-hydrogen) atoms. The SMILES string of the molecule is NCC(COc1ccc(C(F)(F)F)cc1)c1ccco1. The first-order chi connectivity index (χ1) is 9.50. The molecule has 0 aliphatic heterocycles. The predicted molar refractivity (Wildman–Crippen MR) is 67.4 cm³/mol. The smallest absolute Gasteiger partial charge is 0.416 e. The van der Waals surface area contributed by atoms with Gasteiger partial charge in [0.25, 0.3) is 0 Å². The van der Waals surface area contributed by atoms with Crippen LogP contribution < -0.4 is 10.5 Å². The monoisotopic (exact) mass is 285 g/mol. The second kappa shape index (κ2) is 6.00. The van der Waals surface area contributed by atoms with E-state index in [2.05, 4.69) is 0 Å². The number of rotatable bonds is 5. The van der Waals surface area contributed by atoms with Crippen LogP contribution in [0.1, 0.15) is 17.2 Å². The number of benzene rings is 1. The molecule has 1 atom stereocenters. The van der Waals surface area contributed by atoms with Gasteiger partial charge in [0.05, 0.1) is 24.4 Å². The lowest BCUT2D eigenvalue weighted by atomic mass is 10.1. The Morgan fingerprint density at radius 1 is 1.15 bits per heavy atom. The van der Waals surface area contributed by atoms with Gasteiger partial charge >= 0.3 is 6.18 Å². The molecule has 1 aromatic heterocycles. The highest BCUT2D eigenvalue weighted by Gasteiger charge is 2.30. The molecule has 0 aliphatic rings. The van der Waals surface area contributed by atoms with Crippen LogP contribution >= 0.6 is 0 Å². The predicted octanol–water partition coefficient (Wildman–Crippen LogP) is 3.42. The largest absolute Gasteiger partial charge is 0.493 e. The zero-order valence-electron chi connectivity index (χ0n) is 10.6. The Bertz CT molecular complexity index is 520. The Hall–Kier alpha value is -1.95. The van der Waals surface area contributed by atoms with E-state index in [0.29, 0.717) is 18.1 Å². The Kier molecular flexibility index (Phi) is 4.34. The molecule has 0 fully saturated rings. The maximum Gasteiger partial charge on any atom is 0.416 e. The molecule has 1 unspecified atom stereocenters. The second-order valence-corrected chi connectivity index (χ2v) is 4.28. The summed E-state index contributed by atoms with van der Waals surface area (Å²) < 4.78 is 47.9. The van der Waals surface area contributed by atoms with E-state index in [1.54, 1.807) is 12.1 Å². The molecular formula is C14H14F3NO2. The van der Waals surface area contributed by atoms with Gasteiger partial charge in [0.15, 0.2) is 0 Å². The van der Waals surface area contributed by atoms with E-state index in [4.69, 9.17) is 14.9 Å². The third kappa shape index (κ3) is 3.54. The minimum atomic E-state index is -4.34. The number of hydrogen-bond donors (Lipinski definition) is 1. The van der Waals surface area contributed by atoms with Crippen LogP contribution in [0.5, 0.6) is 5.75 Å². The van der Waals surface area contributed by atoms with Crippen LogP contribution in [-0.2, 0) is 6.18 Å². The molecule has 0 saturated heterocycles. The van der Waals surface area contributed by atoms with Gasteiger partial charge in [-0.1, -0.05) is 0 Å². The number of nitrogens with two attached hydrogens (primary N) is 1. The van der Waals surface area contributed by atoms with Crippen molar-refractivity contribution < 1.29 is 22.3 Å². The van der Waals surface area contributed by atoms with E-state index in [9.17, 15) is 13.2 Å². The molecule has 1 heterocycles. The van der Waals surface area contributed by atoms with Gasteiger partial charge in [0.1, 0.15) is 11.5 Å². The van der Waals surface area contributed by atoms with Gasteiger partial charge in [0, 0.05) is 6.54 Å². The minimum absolute atomic E-state index is 0.132. The van der Waals surface area contributed by atoms with E-state index >= 15 is 0 Å². The summed E-state index contributed by atoms with van der Waals surface area (Å²) in [6, 6.07) is 8.08. The van der Waals surface area contributed by atoms with E-state index in [-0.39, 0.29) is 12.5 Å². The standard InChI is InChI=1S/C14H14F3NO2/c15-14(16,17)11-3-5-12(6-4-11)20-9-10(8-18)13-2-1-7-19-13/h1-7,10H,8-9,18H2. The number of alkyl halides is 3. The van der Waals surface area contributed by atoms with Gasteiger partial charge in [-0.2, -0.15) is 13.2 Å². The van der Waals surface area contributed by atoms with Crippen LogP contribution in [0.15, 0.2) is 47.1 Å². The lowest BCUT2D eigenvalue weighted by molar-refractivity contribution is -0.137. The Morgan fingerprint density at radius 2 is 1.85 bits per heavy atom. The summed E-state index contributed by atoms with van der Waals surface area (Å²) in [5.41, 5.74) is 4.92. The molecule has 0 bridgehead atoms. The van der Waals surface area contributed by atoms with Crippen LogP contribution in [-0.4, -0.2) is 13.2 Å². The van der Waals surface area contributed by atoms with Crippen LogP contribution in [0.2, 0.25) is 0 Å². The maximum atomic E-state index is 12.4. The zero-order valence-corrected chi connectivity index (χ0v) is 10.6. The van der Waals surface area contributed by atoms with Gasteiger partial charge < -0.3 is 14.9 Å². The molecule has 2 N–H and O–H groups in total. The lowest BCUT2D eigenvalue weighted by Gasteiger charge is -2.14. The molecule has 2 aromatic rings. The first-order valence-corrected chi connectivity index (χ1v) is 6.04. The lowest BCUT2D eigenvalue weighted by Crippen LogP contribution is -2.19. The molecule has 1 aromatic carbocycles. The van der Waals surface area contributed by atoms with Crippen molar-refractivity contribution in [3.05, 3.63) is 54.0 Å². The van der Waals surface area contributed by atoms with E-state index in [1.165, 1.54) is 18.4 Å². The van der Waals surface area contributed by atoms with Crippen molar-refractivity contribution in [2.24, 2.45) is 5.73 Å².